The van der Waals surface area contributed by atoms with E-state index >= 15 is 0 Å². The van der Waals surface area contributed by atoms with Crippen molar-refractivity contribution in [3.63, 3.8) is 0 Å². The predicted octanol–water partition coefficient (Wildman–Crippen LogP) is -0.425. The van der Waals surface area contributed by atoms with Gasteiger partial charge in [-0.25, -0.2) is 0 Å². The van der Waals surface area contributed by atoms with Crippen LogP contribution in [0.2, 0.25) is 0 Å². The summed E-state index contributed by atoms with van der Waals surface area (Å²) in [5, 5.41) is 8.18. The molecule has 0 spiro atoms. The summed E-state index contributed by atoms with van der Waals surface area (Å²) in [5.74, 6) is 0.606. The Morgan fingerprint density at radius 3 is 2.38 bits per heavy atom. The largest absolute Gasteiger partial charge is 0.396 e. The molecular formula is C3H7NNaOS2. The Hall–Kier alpha value is 1.20. The molecular weight excluding hydrogens is 153 g/mol. The van der Waals surface area contributed by atoms with Crippen LogP contribution in [-0.4, -0.2) is 51.3 Å². The Kier molecular flexibility index (Phi) is 12.2. The summed E-state index contributed by atoms with van der Waals surface area (Å²) in [6, 6.07) is 0. The van der Waals surface area contributed by atoms with Crippen molar-refractivity contribution in [2.24, 2.45) is 5.73 Å². The second-order valence-corrected chi connectivity index (χ2v) is 2.73. The van der Waals surface area contributed by atoms with Crippen LogP contribution in [0.15, 0.2) is 0 Å². The molecule has 1 radical (unpaired) electrons. The average Bonchev–Trinajstić information content (AvgIpc) is 1.61. The van der Waals surface area contributed by atoms with Gasteiger partial charge in [0.15, 0.2) is 0 Å². The van der Waals surface area contributed by atoms with Crippen LogP contribution in [0.25, 0.3) is 0 Å². The molecule has 0 saturated heterocycles. The van der Waals surface area contributed by atoms with Crippen LogP contribution in [0, 0.1) is 0 Å². The molecule has 3 N–H and O–H groups in total. The fourth-order valence-electron chi connectivity index (χ4n) is 0.146. The zero-order valence-corrected chi connectivity index (χ0v) is 8.39. The van der Waals surface area contributed by atoms with Crippen LogP contribution in [0.5, 0.6) is 0 Å². The summed E-state index contributed by atoms with van der Waals surface area (Å²) in [6.07, 6.45) is 0. The molecule has 0 atom stereocenters. The molecule has 0 aliphatic heterocycles. The van der Waals surface area contributed by atoms with Crippen LogP contribution >= 0.6 is 24.0 Å². The zero-order chi connectivity index (χ0) is 5.70. The van der Waals surface area contributed by atoms with Gasteiger partial charge in [-0.2, -0.15) is 0 Å². The van der Waals surface area contributed by atoms with E-state index < -0.39 is 0 Å². The van der Waals surface area contributed by atoms with Gasteiger partial charge < -0.3 is 10.8 Å². The van der Waals surface area contributed by atoms with Crippen LogP contribution in [0.3, 0.4) is 0 Å². The van der Waals surface area contributed by atoms with E-state index in [0.29, 0.717) is 10.1 Å². The number of thioether (sulfide) groups is 1. The molecule has 5 heteroatoms. The number of rotatable bonds is 2. The molecule has 43 valence electrons. The van der Waals surface area contributed by atoms with Gasteiger partial charge in [0.2, 0.25) is 0 Å². The number of hydrogen-bond donors (Lipinski definition) is 2. The van der Waals surface area contributed by atoms with Crippen molar-refractivity contribution in [3.8, 4) is 0 Å². The van der Waals surface area contributed by atoms with E-state index in [1.54, 1.807) is 0 Å². The maximum absolute atomic E-state index is 8.18. The molecule has 0 amide bonds. The van der Waals surface area contributed by atoms with Gasteiger partial charge >= 0.3 is 0 Å². The van der Waals surface area contributed by atoms with Crippen molar-refractivity contribution in [2.75, 3.05) is 12.4 Å². The Labute approximate surface area is 80.5 Å². The Morgan fingerprint density at radius 2 is 2.25 bits per heavy atom. The predicted molar refractivity (Wildman–Crippen MR) is 42.1 cm³/mol. The standard InChI is InChI=1S/C3H7NOS2.Na/c4-3(6)7-2-1-5;/h5H,1-2H2,(H2,4,6);. The summed E-state index contributed by atoms with van der Waals surface area (Å²) in [4.78, 5) is 0. The number of aliphatic hydroxyl groups is 1. The summed E-state index contributed by atoms with van der Waals surface area (Å²) in [7, 11) is 0. The van der Waals surface area contributed by atoms with Gasteiger partial charge in [0, 0.05) is 35.3 Å². The van der Waals surface area contributed by atoms with Crippen molar-refractivity contribution in [3.05, 3.63) is 0 Å². The van der Waals surface area contributed by atoms with Gasteiger partial charge in [0.05, 0.1) is 6.61 Å². The maximum atomic E-state index is 8.18. The van der Waals surface area contributed by atoms with Crippen molar-refractivity contribution < 1.29 is 5.11 Å². The molecule has 0 aliphatic carbocycles. The van der Waals surface area contributed by atoms with E-state index in [1.807, 2.05) is 0 Å². The monoisotopic (exact) mass is 160 g/mol. The molecule has 0 fully saturated rings. The van der Waals surface area contributed by atoms with Gasteiger partial charge in [-0.15, -0.1) is 0 Å². The number of hydrogen-bond acceptors (Lipinski definition) is 3. The molecule has 0 aromatic rings. The summed E-state index contributed by atoms with van der Waals surface area (Å²) in [6.45, 7) is 0.141. The molecule has 0 aliphatic rings. The number of thiocarbonyl (C=S) groups is 1. The quantitative estimate of drug-likeness (QED) is 0.425. The Bertz CT molecular complexity index is 70.3. The van der Waals surface area contributed by atoms with Gasteiger partial charge in [-0.3, -0.25) is 0 Å². The maximum Gasteiger partial charge on any atom is 0.131 e. The van der Waals surface area contributed by atoms with Gasteiger partial charge in [-0.1, -0.05) is 24.0 Å². The summed E-state index contributed by atoms with van der Waals surface area (Å²) < 4.78 is 0.397. The molecule has 0 bridgehead atoms. The van der Waals surface area contributed by atoms with E-state index in [1.165, 1.54) is 11.8 Å². The fourth-order valence-corrected chi connectivity index (χ4v) is 0.689. The third kappa shape index (κ3) is 10.2. The smallest absolute Gasteiger partial charge is 0.131 e. The second kappa shape index (κ2) is 8.20. The van der Waals surface area contributed by atoms with Gasteiger partial charge in [0.25, 0.3) is 0 Å². The third-order valence-electron chi connectivity index (χ3n) is 0.336. The van der Waals surface area contributed by atoms with E-state index in [-0.39, 0.29) is 36.2 Å². The summed E-state index contributed by atoms with van der Waals surface area (Å²) >= 11 is 5.78. The first kappa shape index (κ1) is 11.9. The Balaban J connectivity index is 0. The van der Waals surface area contributed by atoms with E-state index in [4.69, 9.17) is 10.8 Å². The van der Waals surface area contributed by atoms with Crippen LogP contribution in [-0.2, 0) is 0 Å². The first-order valence-corrected chi connectivity index (χ1v) is 3.20. The minimum Gasteiger partial charge on any atom is -0.396 e. The number of aliphatic hydroxyl groups excluding tert-OH is 1. The number of nitrogens with two attached hydrogens (primary N) is 1. The van der Waals surface area contributed by atoms with Crippen molar-refractivity contribution in [1.82, 2.24) is 0 Å². The molecule has 8 heavy (non-hydrogen) atoms. The van der Waals surface area contributed by atoms with E-state index in [2.05, 4.69) is 12.2 Å². The first-order chi connectivity index (χ1) is 3.27. The van der Waals surface area contributed by atoms with Crippen molar-refractivity contribution in [1.29, 1.82) is 0 Å². The van der Waals surface area contributed by atoms with E-state index in [0.717, 1.165) is 0 Å². The Morgan fingerprint density at radius 1 is 1.75 bits per heavy atom. The van der Waals surface area contributed by atoms with Gasteiger partial charge in [0.1, 0.15) is 4.32 Å². The van der Waals surface area contributed by atoms with Crippen LogP contribution in [0.1, 0.15) is 0 Å². The third-order valence-corrected chi connectivity index (χ3v) is 1.36. The van der Waals surface area contributed by atoms with Crippen molar-refractivity contribution in [2.45, 2.75) is 0 Å². The fraction of sp³-hybridized carbons (Fsp3) is 0.667. The topological polar surface area (TPSA) is 46.2 Å². The first-order valence-electron chi connectivity index (χ1n) is 1.80. The SMILES string of the molecule is NC(=S)SCCO.[Na]. The molecule has 0 heterocycles. The molecule has 0 unspecified atom stereocenters. The van der Waals surface area contributed by atoms with Gasteiger partial charge in [-0.05, 0) is 0 Å². The van der Waals surface area contributed by atoms with Crippen LogP contribution in [0.4, 0.5) is 0 Å². The normalized spacial score (nSPS) is 7.62. The van der Waals surface area contributed by atoms with Crippen molar-refractivity contribution >= 4 is 57.9 Å². The van der Waals surface area contributed by atoms with E-state index in [9.17, 15) is 0 Å². The molecule has 0 aromatic heterocycles. The second-order valence-electron chi connectivity index (χ2n) is 0.891. The average molecular weight is 160 g/mol. The molecule has 2 nitrogen and oxygen atoms in total. The van der Waals surface area contributed by atoms with Crippen LogP contribution < -0.4 is 5.73 Å². The minimum atomic E-state index is 0. The molecule has 0 aromatic carbocycles. The molecule has 0 rings (SSSR count). The summed E-state index contributed by atoms with van der Waals surface area (Å²) in [5.41, 5.74) is 5.06. The zero-order valence-electron chi connectivity index (χ0n) is 4.76. The minimum absolute atomic E-state index is 0. The molecule has 0 saturated carbocycles.